The Hall–Kier alpha value is -2.30. The molecule has 2 aromatic rings. The Balaban J connectivity index is 1.26. The van der Waals surface area contributed by atoms with Gasteiger partial charge < -0.3 is 4.90 Å². The number of thiazole rings is 1. The van der Waals surface area contributed by atoms with E-state index < -0.39 is 9.84 Å². The third-order valence-electron chi connectivity index (χ3n) is 5.53. The van der Waals surface area contributed by atoms with Crippen molar-refractivity contribution in [3.63, 3.8) is 0 Å². The van der Waals surface area contributed by atoms with Crippen molar-refractivity contribution in [2.75, 3.05) is 43.0 Å². The van der Waals surface area contributed by atoms with Crippen LogP contribution in [0, 0.1) is 0 Å². The molecular weight excluding hydrogens is 424 g/mol. The van der Waals surface area contributed by atoms with Crippen molar-refractivity contribution in [2.45, 2.75) is 18.9 Å². The normalized spacial score (nSPS) is 21.5. The Morgan fingerprint density at radius 1 is 1.13 bits per heavy atom. The standard InChI is InChI=1S/C20H24N4O4S2/c25-18(24-9-7-23(8-10-24)17-6-11-30(27,28)14-17)12-16-13-29-20(21-16)22-19(26)15-4-2-1-3-5-15/h1-5,13,17H,6-12,14H2,(H,21,22,26). The van der Waals surface area contributed by atoms with Crippen molar-refractivity contribution < 1.29 is 18.0 Å². The second-order valence-corrected chi connectivity index (χ2v) is 10.7. The summed E-state index contributed by atoms with van der Waals surface area (Å²) in [4.78, 5) is 33.2. The Morgan fingerprint density at radius 3 is 2.53 bits per heavy atom. The summed E-state index contributed by atoms with van der Waals surface area (Å²) in [5.74, 6) is 0.272. The second-order valence-electron chi connectivity index (χ2n) is 7.61. The molecule has 0 bridgehead atoms. The summed E-state index contributed by atoms with van der Waals surface area (Å²) in [6, 6.07) is 8.99. The highest BCUT2D eigenvalue weighted by Gasteiger charge is 2.34. The molecule has 1 aromatic carbocycles. The maximum atomic E-state index is 12.6. The number of carbonyl (C=O) groups is 2. The average Bonchev–Trinajstić information content (AvgIpc) is 3.34. The van der Waals surface area contributed by atoms with Crippen molar-refractivity contribution in [3.8, 4) is 0 Å². The first-order valence-corrected chi connectivity index (χ1v) is 12.6. The Kier molecular flexibility index (Phi) is 6.16. The summed E-state index contributed by atoms with van der Waals surface area (Å²) in [6.07, 6.45) is 0.877. The van der Waals surface area contributed by atoms with Crippen LogP contribution in [0.15, 0.2) is 35.7 Å². The first-order chi connectivity index (χ1) is 14.4. The van der Waals surface area contributed by atoms with Crippen molar-refractivity contribution in [2.24, 2.45) is 0 Å². The first-order valence-electron chi connectivity index (χ1n) is 9.93. The van der Waals surface area contributed by atoms with Crippen molar-refractivity contribution in [1.82, 2.24) is 14.8 Å². The number of nitrogens with zero attached hydrogens (tertiary/aromatic N) is 3. The molecule has 0 radical (unpaired) electrons. The Bertz CT molecular complexity index is 1010. The summed E-state index contributed by atoms with van der Waals surface area (Å²) in [6.45, 7) is 2.58. The van der Waals surface area contributed by atoms with Crippen LogP contribution in [0.1, 0.15) is 22.5 Å². The zero-order chi connectivity index (χ0) is 21.1. The third-order valence-corrected chi connectivity index (χ3v) is 8.09. The molecule has 10 heteroatoms. The number of sulfone groups is 1. The number of amides is 2. The lowest BCUT2D eigenvalue weighted by atomic mass is 10.2. The minimum absolute atomic E-state index is 0.0000654. The zero-order valence-electron chi connectivity index (χ0n) is 16.5. The Labute approximate surface area is 179 Å². The number of carbonyl (C=O) groups excluding carboxylic acids is 2. The Morgan fingerprint density at radius 2 is 1.87 bits per heavy atom. The van der Waals surface area contributed by atoms with E-state index in [4.69, 9.17) is 0 Å². The molecule has 30 heavy (non-hydrogen) atoms. The lowest BCUT2D eigenvalue weighted by Crippen LogP contribution is -2.52. The number of anilines is 1. The average molecular weight is 449 g/mol. The molecule has 2 fully saturated rings. The summed E-state index contributed by atoms with van der Waals surface area (Å²) in [7, 11) is -2.90. The van der Waals surface area contributed by atoms with Gasteiger partial charge in [-0.15, -0.1) is 11.3 Å². The molecule has 0 aliphatic carbocycles. The minimum atomic E-state index is -2.90. The number of rotatable bonds is 5. The molecule has 0 spiro atoms. The van der Waals surface area contributed by atoms with Gasteiger partial charge in [0.25, 0.3) is 5.91 Å². The number of piperazine rings is 1. The molecular formula is C20H24N4O4S2. The van der Waals surface area contributed by atoms with Gasteiger partial charge in [0, 0.05) is 43.2 Å². The van der Waals surface area contributed by atoms with Crippen LogP contribution < -0.4 is 5.32 Å². The maximum absolute atomic E-state index is 12.6. The van der Waals surface area contributed by atoms with Crippen molar-refractivity contribution >= 4 is 38.1 Å². The molecule has 1 aromatic heterocycles. The summed E-state index contributed by atoms with van der Waals surface area (Å²) < 4.78 is 23.4. The number of nitrogens with one attached hydrogen (secondary N) is 1. The van der Waals surface area contributed by atoms with Gasteiger partial charge in [-0.05, 0) is 18.6 Å². The summed E-state index contributed by atoms with van der Waals surface area (Å²) in [5.41, 5.74) is 1.19. The topological polar surface area (TPSA) is 99.7 Å². The van der Waals surface area contributed by atoms with Crippen LogP contribution in [-0.2, 0) is 21.1 Å². The molecule has 1 atom stereocenters. The molecule has 2 amide bonds. The van der Waals surface area contributed by atoms with Crippen LogP contribution in [0.2, 0.25) is 0 Å². The lowest BCUT2D eigenvalue weighted by Gasteiger charge is -2.37. The van der Waals surface area contributed by atoms with Crippen LogP contribution in [0.25, 0.3) is 0 Å². The number of benzene rings is 1. The van der Waals surface area contributed by atoms with E-state index in [-0.39, 0.29) is 35.8 Å². The first kappa shape index (κ1) is 21.0. The number of hydrogen-bond acceptors (Lipinski definition) is 7. The SMILES string of the molecule is O=C(Nc1nc(CC(=O)N2CCN(C3CCS(=O)(=O)C3)CC2)cs1)c1ccccc1. The molecule has 4 rings (SSSR count). The largest absolute Gasteiger partial charge is 0.340 e. The minimum Gasteiger partial charge on any atom is -0.340 e. The van der Waals surface area contributed by atoms with Gasteiger partial charge in [0.15, 0.2) is 15.0 Å². The quantitative estimate of drug-likeness (QED) is 0.740. The van der Waals surface area contributed by atoms with Crippen LogP contribution >= 0.6 is 11.3 Å². The maximum Gasteiger partial charge on any atom is 0.257 e. The van der Waals surface area contributed by atoms with E-state index in [0.29, 0.717) is 49.0 Å². The fourth-order valence-electron chi connectivity index (χ4n) is 3.87. The predicted molar refractivity (Wildman–Crippen MR) is 115 cm³/mol. The van der Waals surface area contributed by atoms with E-state index in [1.807, 2.05) is 11.0 Å². The van der Waals surface area contributed by atoms with Gasteiger partial charge in [-0.3, -0.25) is 19.8 Å². The van der Waals surface area contributed by atoms with E-state index in [2.05, 4.69) is 15.2 Å². The summed E-state index contributed by atoms with van der Waals surface area (Å²) >= 11 is 1.30. The van der Waals surface area contributed by atoms with Gasteiger partial charge in [0.05, 0.1) is 23.6 Å². The van der Waals surface area contributed by atoms with Gasteiger partial charge in [0.2, 0.25) is 5.91 Å². The van der Waals surface area contributed by atoms with Gasteiger partial charge in [-0.2, -0.15) is 0 Å². The molecule has 2 saturated heterocycles. The van der Waals surface area contributed by atoms with E-state index in [1.165, 1.54) is 11.3 Å². The van der Waals surface area contributed by atoms with Gasteiger partial charge in [-0.1, -0.05) is 18.2 Å². The molecule has 8 nitrogen and oxygen atoms in total. The van der Waals surface area contributed by atoms with Gasteiger partial charge in [-0.25, -0.2) is 13.4 Å². The summed E-state index contributed by atoms with van der Waals surface area (Å²) in [5, 5.41) is 5.02. The third kappa shape index (κ3) is 5.05. The van der Waals surface area contributed by atoms with Gasteiger partial charge in [0.1, 0.15) is 0 Å². The van der Waals surface area contributed by atoms with E-state index in [0.717, 1.165) is 0 Å². The predicted octanol–water partition coefficient (Wildman–Crippen LogP) is 1.27. The fourth-order valence-corrected chi connectivity index (χ4v) is 6.34. The molecule has 0 saturated carbocycles. The highest BCUT2D eigenvalue weighted by atomic mass is 32.2. The molecule has 2 aliphatic rings. The molecule has 1 N–H and O–H groups in total. The fraction of sp³-hybridized carbons (Fsp3) is 0.450. The van der Waals surface area contributed by atoms with Crippen molar-refractivity contribution in [3.05, 3.63) is 47.0 Å². The van der Waals surface area contributed by atoms with Crippen LogP contribution in [0.3, 0.4) is 0 Å². The van der Waals surface area contributed by atoms with E-state index >= 15 is 0 Å². The molecule has 160 valence electrons. The van der Waals surface area contributed by atoms with Gasteiger partial charge >= 0.3 is 0 Å². The molecule has 1 unspecified atom stereocenters. The smallest absolute Gasteiger partial charge is 0.257 e. The second kappa shape index (κ2) is 8.83. The number of aromatic nitrogens is 1. The van der Waals surface area contributed by atoms with E-state index in [9.17, 15) is 18.0 Å². The van der Waals surface area contributed by atoms with E-state index in [1.54, 1.807) is 29.6 Å². The van der Waals surface area contributed by atoms with Crippen LogP contribution in [-0.4, -0.2) is 78.7 Å². The van der Waals surface area contributed by atoms with Crippen LogP contribution in [0.4, 0.5) is 5.13 Å². The monoisotopic (exact) mass is 448 g/mol. The highest BCUT2D eigenvalue weighted by molar-refractivity contribution is 7.91. The van der Waals surface area contributed by atoms with Crippen molar-refractivity contribution in [1.29, 1.82) is 0 Å². The molecule has 3 heterocycles. The highest BCUT2D eigenvalue weighted by Crippen LogP contribution is 2.20. The number of hydrogen-bond donors (Lipinski definition) is 1. The zero-order valence-corrected chi connectivity index (χ0v) is 18.1. The van der Waals surface area contributed by atoms with Crippen LogP contribution in [0.5, 0.6) is 0 Å². The molecule has 2 aliphatic heterocycles. The lowest BCUT2D eigenvalue weighted by molar-refractivity contribution is -0.132.